The Labute approximate surface area is 104 Å². The van der Waals surface area contributed by atoms with Crippen LogP contribution in [0.5, 0.6) is 0 Å². The number of benzene rings is 1. The van der Waals surface area contributed by atoms with Gasteiger partial charge < -0.3 is 10.0 Å². The lowest BCUT2D eigenvalue weighted by atomic mass is 10.2. The van der Waals surface area contributed by atoms with Gasteiger partial charge in [0, 0.05) is 18.5 Å². The number of aromatic nitrogens is 1. The minimum atomic E-state index is -0.766. The van der Waals surface area contributed by atoms with Crippen molar-refractivity contribution < 1.29 is 9.90 Å². The fourth-order valence-electron chi connectivity index (χ4n) is 1.74. The monoisotopic (exact) mass is 250 g/mol. The summed E-state index contributed by atoms with van der Waals surface area (Å²) in [5.41, 5.74) is 0.973. The van der Waals surface area contributed by atoms with E-state index in [9.17, 15) is 4.79 Å². The van der Waals surface area contributed by atoms with Crippen LogP contribution in [0.1, 0.15) is 13.3 Å². The van der Waals surface area contributed by atoms with E-state index in [1.807, 2.05) is 31.2 Å². The molecule has 0 fully saturated rings. The number of hydrogen-bond donors (Lipinski definition) is 1. The zero-order valence-electron chi connectivity index (χ0n) is 9.59. The highest BCUT2D eigenvalue weighted by Crippen LogP contribution is 2.30. The van der Waals surface area contributed by atoms with Crippen molar-refractivity contribution in [1.29, 1.82) is 0 Å². The highest BCUT2D eigenvalue weighted by Gasteiger charge is 2.12. The van der Waals surface area contributed by atoms with Crippen LogP contribution in [0.3, 0.4) is 0 Å². The van der Waals surface area contributed by atoms with Gasteiger partial charge in [-0.25, -0.2) is 0 Å². The average Bonchev–Trinajstić information content (AvgIpc) is 2.74. The first-order chi connectivity index (χ1) is 8.22. The van der Waals surface area contributed by atoms with E-state index in [0.29, 0.717) is 6.54 Å². The molecule has 0 spiro atoms. The number of aliphatic carboxylic acids is 1. The fourth-order valence-corrected chi connectivity index (χ4v) is 2.69. The van der Waals surface area contributed by atoms with E-state index in [1.165, 1.54) is 11.5 Å². The lowest BCUT2D eigenvalue weighted by molar-refractivity contribution is -0.136. The quantitative estimate of drug-likeness (QED) is 0.886. The van der Waals surface area contributed by atoms with Crippen LogP contribution >= 0.6 is 11.5 Å². The molecule has 5 heteroatoms. The number of carboxylic acid groups (broad SMARTS) is 1. The Morgan fingerprint density at radius 1 is 1.47 bits per heavy atom. The van der Waals surface area contributed by atoms with Crippen molar-refractivity contribution in [3.05, 3.63) is 24.3 Å². The maximum absolute atomic E-state index is 10.6. The first-order valence-corrected chi connectivity index (χ1v) is 6.31. The Morgan fingerprint density at radius 2 is 2.24 bits per heavy atom. The second-order valence-electron chi connectivity index (χ2n) is 3.73. The van der Waals surface area contributed by atoms with Crippen LogP contribution in [0.2, 0.25) is 0 Å². The molecule has 0 radical (unpaired) electrons. The summed E-state index contributed by atoms with van der Waals surface area (Å²) in [5.74, 6) is -0.766. The van der Waals surface area contributed by atoms with Crippen molar-refractivity contribution in [2.75, 3.05) is 18.0 Å². The van der Waals surface area contributed by atoms with Gasteiger partial charge in [0.05, 0.1) is 11.9 Å². The van der Waals surface area contributed by atoms with Gasteiger partial charge in [-0.05, 0) is 30.6 Å². The van der Waals surface area contributed by atoms with Gasteiger partial charge >= 0.3 is 5.97 Å². The third kappa shape index (κ3) is 2.55. The van der Waals surface area contributed by atoms with Crippen molar-refractivity contribution >= 4 is 33.4 Å². The van der Waals surface area contributed by atoms with Crippen LogP contribution < -0.4 is 4.90 Å². The first-order valence-electron chi connectivity index (χ1n) is 5.53. The molecule has 0 aliphatic heterocycles. The van der Waals surface area contributed by atoms with Crippen LogP contribution in [0.15, 0.2) is 24.3 Å². The molecule has 0 aliphatic rings. The third-order valence-corrected chi connectivity index (χ3v) is 3.57. The smallest absolute Gasteiger partial charge is 0.305 e. The highest BCUT2D eigenvalue weighted by atomic mass is 32.1. The van der Waals surface area contributed by atoms with Gasteiger partial charge in [0.2, 0.25) is 0 Å². The summed E-state index contributed by atoms with van der Waals surface area (Å²) in [6.07, 6.45) is 0.153. The molecule has 1 heterocycles. The van der Waals surface area contributed by atoms with E-state index in [2.05, 4.69) is 9.27 Å². The van der Waals surface area contributed by atoms with E-state index in [4.69, 9.17) is 5.11 Å². The molecule has 0 bridgehead atoms. The summed E-state index contributed by atoms with van der Waals surface area (Å²) in [4.78, 5) is 12.7. The highest BCUT2D eigenvalue weighted by molar-refractivity contribution is 7.11. The maximum atomic E-state index is 10.6. The molecule has 0 saturated carbocycles. The molecule has 90 valence electrons. The molecule has 2 rings (SSSR count). The van der Waals surface area contributed by atoms with E-state index >= 15 is 0 Å². The minimum Gasteiger partial charge on any atom is -0.481 e. The van der Waals surface area contributed by atoms with Crippen LogP contribution in [0.25, 0.3) is 10.9 Å². The van der Waals surface area contributed by atoms with Crippen molar-refractivity contribution in [2.24, 2.45) is 0 Å². The molecule has 1 aromatic carbocycles. The SMILES string of the molecule is CCN(CCC(=O)O)c1snc2ccccc12. The van der Waals surface area contributed by atoms with Crippen molar-refractivity contribution in [3.63, 3.8) is 0 Å². The van der Waals surface area contributed by atoms with Crippen LogP contribution in [0.4, 0.5) is 5.00 Å². The van der Waals surface area contributed by atoms with E-state index < -0.39 is 5.97 Å². The van der Waals surface area contributed by atoms with Crippen LogP contribution in [0, 0.1) is 0 Å². The summed E-state index contributed by atoms with van der Waals surface area (Å²) in [6.45, 7) is 3.34. The van der Waals surface area contributed by atoms with Crippen molar-refractivity contribution in [1.82, 2.24) is 4.37 Å². The molecule has 0 atom stereocenters. The number of hydrogen-bond acceptors (Lipinski definition) is 4. The molecular weight excluding hydrogens is 236 g/mol. The van der Waals surface area contributed by atoms with E-state index in [1.54, 1.807) is 0 Å². The van der Waals surface area contributed by atoms with Gasteiger partial charge in [0.1, 0.15) is 5.00 Å². The van der Waals surface area contributed by atoms with Gasteiger partial charge in [-0.3, -0.25) is 4.79 Å². The largest absolute Gasteiger partial charge is 0.481 e. The van der Waals surface area contributed by atoms with E-state index in [-0.39, 0.29) is 6.42 Å². The summed E-state index contributed by atoms with van der Waals surface area (Å²) in [7, 11) is 0. The molecule has 0 aliphatic carbocycles. The number of fused-ring (bicyclic) bond motifs is 1. The molecule has 17 heavy (non-hydrogen) atoms. The molecule has 2 aromatic rings. The van der Waals surface area contributed by atoms with Gasteiger partial charge in [-0.1, -0.05) is 12.1 Å². The molecule has 1 aromatic heterocycles. The first kappa shape index (κ1) is 11.9. The third-order valence-electron chi connectivity index (χ3n) is 2.63. The Bertz CT molecular complexity index is 524. The zero-order valence-corrected chi connectivity index (χ0v) is 10.4. The second kappa shape index (κ2) is 5.14. The van der Waals surface area contributed by atoms with Gasteiger partial charge in [-0.2, -0.15) is 4.37 Å². The normalized spacial score (nSPS) is 10.6. The fraction of sp³-hybridized carbons (Fsp3) is 0.333. The average molecular weight is 250 g/mol. The number of carboxylic acids is 1. The Hall–Kier alpha value is -1.62. The Balaban J connectivity index is 2.27. The summed E-state index contributed by atoms with van der Waals surface area (Å²) < 4.78 is 4.37. The molecule has 4 nitrogen and oxygen atoms in total. The van der Waals surface area contributed by atoms with Crippen LogP contribution in [-0.2, 0) is 4.79 Å². The molecule has 0 saturated heterocycles. The number of nitrogens with zero attached hydrogens (tertiary/aromatic N) is 2. The van der Waals surface area contributed by atoms with Crippen molar-refractivity contribution in [2.45, 2.75) is 13.3 Å². The summed E-state index contributed by atoms with van der Waals surface area (Å²) in [6, 6.07) is 7.93. The van der Waals surface area contributed by atoms with E-state index in [0.717, 1.165) is 22.4 Å². The topological polar surface area (TPSA) is 53.4 Å². The number of anilines is 1. The standard InChI is InChI=1S/C12H14N2O2S/c1-2-14(8-7-11(15)16)12-9-5-3-4-6-10(9)13-17-12/h3-6H,2,7-8H2,1H3,(H,15,16). The van der Waals surface area contributed by atoms with Gasteiger partial charge in [0.25, 0.3) is 0 Å². The number of carbonyl (C=O) groups is 1. The lowest BCUT2D eigenvalue weighted by Crippen LogP contribution is -2.24. The van der Waals surface area contributed by atoms with Gasteiger partial charge in [0.15, 0.2) is 0 Å². The summed E-state index contributed by atoms with van der Waals surface area (Å²) >= 11 is 1.43. The minimum absolute atomic E-state index is 0.153. The molecule has 0 amide bonds. The van der Waals surface area contributed by atoms with Crippen molar-refractivity contribution in [3.8, 4) is 0 Å². The maximum Gasteiger partial charge on any atom is 0.305 e. The van der Waals surface area contributed by atoms with Crippen LogP contribution in [-0.4, -0.2) is 28.5 Å². The lowest BCUT2D eigenvalue weighted by Gasteiger charge is -2.19. The Morgan fingerprint density at radius 3 is 2.94 bits per heavy atom. The predicted molar refractivity (Wildman–Crippen MR) is 69.8 cm³/mol. The number of rotatable bonds is 5. The molecule has 1 N–H and O–H groups in total. The Kier molecular flexibility index (Phi) is 3.58. The second-order valence-corrected chi connectivity index (χ2v) is 4.48. The zero-order chi connectivity index (χ0) is 12.3. The summed E-state index contributed by atoms with van der Waals surface area (Å²) in [5, 5.41) is 10.9. The molecule has 0 unspecified atom stereocenters. The predicted octanol–water partition coefficient (Wildman–Crippen LogP) is 2.60. The molecular formula is C12H14N2O2S. The van der Waals surface area contributed by atoms with Gasteiger partial charge in [-0.15, -0.1) is 0 Å².